The molecule has 0 spiro atoms. The second-order valence-electron chi connectivity index (χ2n) is 24.1. The number of aryl methyl sites for hydroxylation is 8. The maximum atomic E-state index is 15.3. The van der Waals surface area contributed by atoms with Crippen LogP contribution in [0.15, 0.2) is 200 Å². The van der Waals surface area contributed by atoms with Crippen LogP contribution in [0.4, 0.5) is 26.3 Å². The summed E-state index contributed by atoms with van der Waals surface area (Å²) < 4.78 is 98.8. The zero-order valence-electron chi connectivity index (χ0n) is 49.2. The van der Waals surface area contributed by atoms with Gasteiger partial charge in [0.05, 0.1) is 55.3 Å². The van der Waals surface area contributed by atoms with Gasteiger partial charge in [-0.25, -0.2) is 0 Å². The number of halogens is 6. The predicted octanol–water partition coefficient (Wildman–Crippen LogP) is 19.1. The van der Waals surface area contributed by atoms with Crippen molar-refractivity contribution in [2.75, 3.05) is 0 Å². The van der Waals surface area contributed by atoms with E-state index < -0.39 is 23.5 Å². The van der Waals surface area contributed by atoms with E-state index in [4.69, 9.17) is 0 Å². The molecule has 0 radical (unpaired) electrons. The second-order valence-corrected chi connectivity index (χ2v) is 24.1. The Hall–Kier alpha value is -9.74. The molecule has 4 aromatic heterocycles. The van der Waals surface area contributed by atoms with E-state index in [2.05, 4.69) is 165 Å². The fourth-order valence-corrected chi connectivity index (χ4v) is 14.9. The number of para-hydroxylation sites is 2. The minimum atomic E-state index is -4.64. The van der Waals surface area contributed by atoms with Gasteiger partial charge in [0.25, 0.3) is 0 Å². The van der Waals surface area contributed by atoms with E-state index in [1.807, 2.05) is 72.8 Å². The summed E-state index contributed by atoms with van der Waals surface area (Å²) >= 11 is 0. The summed E-state index contributed by atoms with van der Waals surface area (Å²) in [5, 5.41) is 5.98. The number of nitrogens with zero attached hydrogens (tertiary/aromatic N) is 4. The highest BCUT2D eigenvalue weighted by molar-refractivity contribution is 6.96. The molecule has 11 aromatic carbocycles. The molecule has 0 saturated heterocycles. The van der Waals surface area contributed by atoms with Crippen molar-refractivity contribution in [2.24, 2.45) is 0 Å². The molecule has 0 aliphatic carbocycles. The van der Waals surface area contributed by atoms with Crippen molar-refractivity contribution in [2.45, 2.75) is 67.7 Å². The fraction of sp³-hybridized carbons (Fsp3) is 0.132. The Kier molecular flexibility index (Phi) is 12.0. The largest absolute Gasteiger partial charge is 0.416 e. The van der Waals surface area contributed by atoms with Gasteiger partial charge in [-0.1, -0.05) is 146 Å². The summed E-state index contributed by atoms with van der Waals surface area (Å²) in [6, 6.07) is 64.5. The van der Waals surface area contributed by atoms with Crippen molar-refractivity contribution < 1.29 is 26.3 Å². The molecule has 0 unspecified atom stereocenters. The lowest BCUT2D eigenvalue weighted by Gasteiger charge is -2.26. The molecule has 87 heavy (non-hydrogen) atoms. The number of rotatable bonds is 7. The van der Waals surface area contributed by atoms with Crippen LogP contribution in [0.25, 0.3) is 110 Å². The normalized spacial score (nSPS) is 12.5. The summed E-state index contributed by atoms with van der Waals surface area (Å²) in [6.45, 7) is 16.7. The van der Waals surface area contributed by atoms with Gasteiger partial charge in [0.1, 0.15) is 0 Å². The maximum Gasteiger partial charge on any atom is 0.416 e. The van der Waals surface area contributed by atoms with Crippen molar-refractivity contribution in [1.82, 2.24) is 18.3 Å². The van der Waals surface area contributed by atoms with Gasteiger partial charge in [-0.05, 0) is 171 Å². The first-order chi connectivity index (χ1) is 41.7. The lowest BCUT2D eigenvalue weighted by atomic mass is 9.34. The highest BCUT2D eigenvalue weighted by atomic mass is 19.4. The smallest absolute Gasteiger partial charge is 0.309 e. The Morgan fingerprint density at radius 3 is 1.07 bits per heavy atom. The maximum absolute atomic E-state index is 15.3. The van der Waals surface area contributed by atoms with Gasteiger partial charge in [-0.2, -0.15) is 26.3 Å². The van der Waals surface area contributed by atoms with Crippen molar-refractivity contribution in [1.29, 1.82) is 0 Å². The standard InChI is InChI=1S/C76H57BF6N4/c1-42-19-25-63-59(35-42)57-23-29-68-70(73(57)86(63)53-15-11-9-12-16-53)62-38-51(76(81,82)83)22-28-66(62)85(68)56-40-52(77(71-46(5)31-44(3)32-47(71)6)72-48(7)33-45(4)34-49(72)8)39-55(41-56)84-65-26-20-43(2)36-61(65)69-67(84)30-24-58-60-37-50(75(78,79)80)21-27-64(60)87(74(58)69)54-17-13-10-14-18-54/h9-41H,1-8H3. The highest BCUT2D eigenvalue weighted by Crippen LogP contribution is 2.47. The average Bonchev–Trinajstić information content (AvgIpc) is 1.57. The Morgan fingerprint density at radius 2 is 0.644 bits per heavy atom. The first-order valence-electron chi connectivity index (χ1n) is 29.3. The molecule has 426 valence electrons. The number of hydrogen-bond acceptors (Lipinski definition) is 0. The molecule has 0 aliphatic rings. The lowest BCUT2D eigenvalue weighted by Crippen LogP contribution is -2.56. The fourth-order valence-electron chi connectivity index (χ4n) is 14.9. The molecule has 4 heterocycles. The molecule has 0 bridgehead atoms. The van der Waals surface area contributed by atoms with Gasteiger partial charge in [0, 0.05) is 65.8 Å². The molecule has 0 saturated carbocycles. The van der Waals surface area contributed by atoms with Crippen LogP contribution in [-0.2, 0) is 12.4 Å². The molecule has 0 aliphatic heterocycles. The summed E-state index contributed by atoms with van der Waals surface area (Å²) in [4.78, 5) is 0. The zero-order chi connectivity index (χ0) is 60.3. The SMILES string of the molecule is Cc1cc(C)c(B(c2cc(-n3c4ccc(C(F)(F)F)cc4c4c3ccc3c5cc(C)ccc5n(-c5ccccc5)c34)cc(-n3c4ccc(C)cc4c4c3ccc3c5cc(C(F)(F)F)ccc5n(-c5ccccc5)c34)c2)c2c(C)cc(C)cc2C)c(C)c1. The molecule has 4 nitrogen and oxygen atoms in total. The minimum Gasteiger partial charge on any atom is -0.309 e. The summed E-state index contributed by atoms with van der Waals surface area (Å²) in [5.41, 5.74) is 20.0. The summed E-state index contributed by atoms with van der Waals surface area (Å²) in [7, 11) is 0. The van der Waals surface area contributed by atoms with E-state index in [9.17, 15) is 13.2 Å². The minimum absolute atomic E-state index is 0.337. The van der Waals surface area contributed by atoms with Crippen LogP contribution in [0.3, 0.4) is 0 Å². The Labute approximate surface area is 498 Å². The Bertz CT molecular complexity index is 5300. The number of hydrogen-bond donors (Lipinski definition) is 0. The van der Waals surface area contributed by atoms with Crippen molar-refractivity contribution >= 4 is 110 Å². The Morgan fingerprint density at radius 1 is 0.287 bits per heavy atom. The molecular formula is C76H57BF6N4. The van der Waals surface area contributed by atoms with E-state index in [1.165, 1.54) is 18.2 Å². The molecule has 15 rings (SSSR count). The Balaban J connectivity index is 1.13. The van der Waals surface area contributed by atoms with Crippen LogP contribution in [0.1, 0.15) is 55.6 Å². The van der Waals surface area contributed by atoms with E-state index in [0.29, 0.717) is 32.6 Å². The van der Waals surface area contributed by atoms with Gasteiger partial charge in [0.2, 0.25) is 6.71 Å². The van der Waals surface area contributed by atoms with Gasteiger partial charge in [0.15, 0.2) is 0 Å². The third kappa shape index (κ3) is 8.36. The van der Waals surface area contributed by atoms with Gasteiger partial charge in [-0.3, -0.25) is 0 Å². The van der Waals surface area contributed by atoms with Crippen LogP contribution >= 0.6 is 0 Å². The number of alkyl halides is 6. The van der Waals surface area contributed by atoms with Crippen molar-refractivity contribution in [3.05, 3.63) is 256 Å². The average molecular weight is 1150 g/mol. The van der Waals surface area contributed by atoms with Gasteiger partial charge < -0.3 is 18.3 Å². The third-order valence-electron chi connectivity index (χ3n) is 18.1. The number of fused-ring (bicyclic) bond motifs is 14. The van der Waals surface area contributed by atoms with Crippen LogP contribution in [0, 0.1) is 55.4 Å². The second kappa shape index (κ2) is 19.4. The van der Waals surface area contributed by atoms with Crippen LogP contribution in [0.2, 0.25) is 0 Å². The zero-order valence-corrected chi connectivity index (χ0v) is 49.2. The first-order valence-corrected chi connectivity index (χ1v) is 29.3. The van der Waals surface area contributed by atoms with Crippen molar-refractivity contribution in [3.8, 4) is 22.7 Å². The molecule has 0 atom stereocenters. The van der Waals surface area contributed by atoms with E-state index in [-0.39, 0.29) is 6.71 Å². The summed E-state index contributed by atoms with van der Waals surface area (Å²) in [6.07, 6.45) is -9.21. The third-order valence-corrected chi connectivity index (χ3v) is 18.1. The van der Waals surface area contributed by atoms with Crippen LogP contribution < -0.4 is 16.4 Å². The quantitative estimate of drug-likeness (QED) is 0.112. The van der Waals surface area contributed by atoms with E-state index >= 15 is 13.2 Å². The van der Waals surface area contributed by atoms with E-state index in [0.717, 1.165) is 144 Å². The predicted molar refractivity (Wildman–Crippen MR) is 349 cm³/mol. The monoisotopic (exact) mass is 1150 g/mol. The molecule has 0 amide bonds. The molecule has 0 fully saturated rings. The van der Waals surface area contributed by atoms with E-state index in [1.54, 1.807) is 12.1 Å². The summed E-state index contributed by atoms with van der Waals surface area (Å²) in [5.74, 6) is 0. The molecule has 0 N–H and O–H groups in total. The van der Waals surface area contributed by atoms with Gasteiger partial charge >= 0.3 is 12.4 Å². The number of benzene rings is 11. The van der Waals surface area contributed by atoms with Crippen LogP contribution in [-0.4, -0.2) is 25.0 Å². The molecular weight excluding hydrogens is 1090 g/mol. The number of aromatic nitrogens is 4. The van der Waals surface area contributed by atoms with Crippen molar-refractivity contribution in [3.63, 3.8) is 0 Å². The highest BCUT2D eigenvalue weighted by Gasteiger charge is 2.35. The van der Waals surface area contributed by atoms with Crippen LogP contribution in [0.5, 0.6) is 0 Å². The molecule has 11 heteroatoms. The topological polar surface area (TPSA) is 19.7 Å². The molecule has 15 aromatic rings. The van der Waals surface area contributed by atoms with Gasteiger partial charge in [-0.15, -0.1) is 0 Å². The first kappa shape index (κ1) is 54.0. The lowest BCUT2D eigenvalue weighted by molar-refractivity contribution is -0.138.